The molecular formula is C18H18N6O4. The van der Waals surface area contributed by atoms with Gasteiger partial charge in [0, 0.05) is 5.69 Å². The highest BCUT2D eigenvalue weighted by Gasteiger charge is 2.17. The van der Waals surface area contributed by atoms with Gasteiger partial charge in [-0.15, -0.1) is 0 Å². The third kappa shape index (κ3) is 4.41. The zero-order valence-electron chi connectivity index (χ0n) is 15.2. The molecule has 2 aromatic carbocycles. The maximum absolute atomic E-state index is 11.2. The van der Waals surface area contributed by atoms with E-state index in [1.165, 1.54) is 19.2 Å². The topological polar surface area (TPSA) is 138 Å². The molecule has 0 saturated heterocycles. The summed E-state index contributed by atoms with van der Waals surface area (Å²) in [6, 6.07) is 11.9. The monoisotopic (exact) mass is 382 g/mol. The van der Waals surface area contributed by atoms with Gasteiger partial charge in [0.1, 0.15) is 12.4 Å². The van der Waals surface area contributed by atoms with Crippen molar-refractivity contribution in [1.29, 1.82) is 0 Å². The lowest BCUT2D eigenvalue weighted by Crippen LogP contribution is -2.10. The predicted molar refractivity (Wildman–Crippen MR) is 103 cm³/mol. The molecule has 0 aliphatic heterocycles. The summed E-state index contributed by atoms with van der Waals surface area (Å²) in [6.45, 7) is 1.82. The van der Waals surface area contributed by atoms with E-state index in [-0.39, 0.29) is 35.8 Å². The minimum Gasteiger partial charge on any atom is -0.496 e. The molecule has 0 amide bonds. The highest BCUT2D eigenvalue weighted by Crippen LogP contribution is 2.31. The Hall–Kier alpha value is -3.95. The van der Waals surface area contributed by atoms with E-state index in [9.17, 15) is 10.1 Å². The fourth-order valence-corrected chi connectivity index (χ4v) is 2.42. The predicted octanol–water partition coefficient (Wildman–Crippen LogP) is 3.00. The van der Waals surface area contributed by atoms with Gasteiger partial charge in [0.15, 0.2) is 11.6 Å². The molecule has 144 valence electrons. The van der Waals surface area contributed by atoms with Crippen molar-refractivity contribution in [2.75, 3.05) is 18.2 Å². The second kappa shape index (κ2) is 8.16. The molecule has 0 aliphatic rings. The minimum atomic E-state index is -0.551. The molecule has 3 N–H and O–H groups in total. The van der Waals surface area contributed by atoms with Gasteiger partial charge in [-0.3, -0.25) is 10.1 Å². The first kappa shape index (κ1) is 18.8. The van der Waals surface area contributed by atoms with Crippen LogP contribution in [0.5, 0.6) is 11.5 Å². The molecule has 10 heteroatoms. The van der Waals surface area contributed by atoms with Crippen molar-refractivity contribution < 1.29 is 14.4 Å². The molecule has 10 nitrogen and oxygen atoms in total. The van der Waals surface area contributed by atoms with Crippen LogP contribution in [0.15, 0.2) is 42.5 Å². The van der Waals surface area contributed by atoms with Crippen molar-refractivity contribution >= 4 is 23.3 Å². The van der Waals surface area contributed by atoms with E-state index in [0.717, 1.165) is 11.3 Å². The lowest BCUT2D eigenvalue weighted by Gasteiger charge is -2.10. The zero-order valence-corrected chi connectivity index (χ0v) is 15.2. The van der Waals surface area contributed by atoms with Crippen LogP contribution in [0.25, 0.3) is 0 Å². The number of aromatic nitrogens is 3. The summed E-state index contributed by atoms with van der Waals surface area (Å²) >= 11 is 0. The van der Waals surface area contributed by atoms with Crippen LogP contribution in [-0.2, 0) is 6.61 Å². The number of nitro groups is 1. The average Bonchev–Trinajstić information content (AvgIpc) is 2.67. The fraction of sp³-hybridized carbons (Fsp3) is 0.167. The van der Waals surface area contributed by atoms with Crippen LogP contribution in [-0.4, -0.2) is 27.0 Å². The van der Waals surface area contributed by atoms with Gasteiger partial charge in [-0.1, -0.05) is 18.2 Å². The largest absolute Gasteiger partial charge is 0.496 e. The lowest BCUT2D eigenvalue weighted by molar-refractivity contribution is -0.386. The number of nitrogens with two attached hydrogens (primary N) is 1. The molecule has 0 radical (unpaired) electrons. The number of anilines is 3. The number of methoxy groups -OCH3 is 1. The van der Waals surface area contributed by atoms with E-state index in [2.05, 4.69) is 20.3 Å². The minimum absolute atomic E-state index is 0.00825. The van der Waals surface area contributed by atoms with E-state index in [4.69, 9.17) is 15.2 Å². The van der Waals surface area contributed by atoms with E-state index in [1.807, 2.05) is 31.2 Å². The standard InChI is InChI=1S/C18H18N6O4/c1-11-5-3-4-6-13(11)20-18-22-16(21-17(19)23-18)10-28-15-8-7-12(27-2)9-14(15)24(25)26/h3-9H,10H2,1-2H3,(H3,19,20,21,22,23). The van der Waals surface area contributed by atoms with E-state index in [0.29, 0.717) is 5.75 Å². The van der Waals surface area contributed by atoms with Gasteiger partial charge in [-0.05, 0) is 30.7 Å². The van der Waals surface area contributed by atoms with Crippen LogP contribution in [0.1, 0.15) is 11.4 Å². The van der Waals surface area contributed by atoms with Crippen LogP contribution in [0.3, 0.4) is 0 Å². The molecule has 0 unspecified atom stereocenters. The Balaban J connectivity index is 1.79. The Morgan fingerprint density at radius 1 is 1.18 bits per heavy atom. The number of ether oxygens (including phenoxy) is 2. The Labute approximate surface area is 160 Å². The fourth-order valence-electron chi connectivity index (χ4n) is 2.42. The third-order valence-corrected chi connectivity index (χ3v) is 3.81. The van der Waals surface area contributed by atoms with E-state index < -0.39 is 4.92 Å². The Morgan fingerprint density at radius 3 is 2.68 bits per heavy atom. The summed E-state index contributed by atoms with van der Waals surface area (Å²) in [4.78, 5) is 23.0. The van der Waals surface area contributed by atoms with Crippen LogP contribution < -0.4 is 20.5 Å². The second-order valence-electron chi connectivity index (χ2n) is 5.75. The van der Waals surface area contributed by atoms with Crippen LogP contribution in [0.4, 0.5) is 23.3 Å². The number of rotatable bonds is 7. The van der Waals surface area contributed by atoms with Gasteiger partial charge in [0.25, 0.3) is 0 Å². The lowest BCUT2D eigenvalue weighted by atomic mass is 10.2. The van der Waals surface area contributed by atoms with Crippen molar-refractivity contribution in [2.45, 2.75) is 13.5 Å². The summed E-state index contributed by atoms with van der Waals surface area (Å²) in [5, 5.41) is 14.3. The van der Waals surface area contributed by atoms with Crippen LogP contribution in [0.2, 0.25) is 0 Å². The first-order chi connectivity index (χ1) is 13.5. The summed E-state index contributed by atoms with van der Waals surface area (Å²) in [7, 11) is 1.43. The Bertz CT molecular complexity index is 1010. The first-order valence-electron chi connectivity index (χ1n) is 8.24. The van der Waals surface area contributed by atoms with Crippen LogP contribution in [0, 0.1) is 17.0 Å². The Morgan fingerprint density at radius 2 is 1.96 bits per heavy atom. The SMILES string of the molecule is COc1ccc(OCc2nc(N)nc(Nc3ccccc3C)n2)c([N+](=O)[O-])c1. The number of nitrogen functional groups attached to an aromatic ring is 1. The van der Waals surface area contributed by atoms with Gasteiger partial charge < -0.3 is 20.5 Å². The molecule has 0 atom stereocenters. The quantitative estimate of drug-likeness (QED) is 0.466. The highest BCUT2D eigenvalue weighted by molar-refractivity contribution is 5.58. The molecule has 28 heavy (non-hydrogen) atoms. The molecule has 0 bridgehead atoms. The molecule has 0 spiro atoms. The molecule has 0 fully saturated rings. The van der Waals surface area contributed by atoms with E-state index >= 15 is 0 Å². The normalized spacial score (nSPS) is 10.4. The molecule has 3 rings (SSSR count). The molecular weight excluding hydrogens is 364 g/mol. The maximum Gasteiger partial charge on any atom is 0.314 e. The smallest absolute Gasteiger partial charge is 0.314 e. The number of nitrogens with zero attached hydrogens (tertiary/aromatic N) is 4. The van der Waals surface area contributed by atoms with Crippen molar-refractivity contribution in [3.8, 4) is 11.5 Å². The van der Waals surface area contributed by atoms with Crippen LogP contribution >= 0.6 is 0 Å². The van der Waals surface area contributed by atoms with Crippen molar-refractivity contribution in [2.24, 2.45) is 0 Å². The Kier molecular flexibility index (Phi) is 5.49. The maximum atomic E-state index is 11.2. The molecule has 3 aromatic rings. The summed E-state index contributed by atoms with van der Waals surface area (Å²) < 4.78 is 10.5. The van der Waals surface area contributed by atoms with Gasteiger partial charge in [0.2, 0.25) is 11.9 Å². The van der Waals surface area contributed by atoms with Crippen molar-refractivity contribution in [3.05, 3.63) is 64.0 Å². The summed E-state index contributed by atoms with van der Waals surface area (Å²) in [5.41, 5.74) is 7.36. The van der Waals surface area contributed by atoms with Gasteiger partial charge in [-0.25, -0.2) is 0 Å². The van der Waals surface area contributed by atoms with Gasteiger partial charge in [-0.2, -0.15) is 15.0 Å². The number of hydrogen-bond acceptors (Lipinski definition) is 9. The number of aryl methyl sites for hydroxylation is 1. The van der Waals surface area contributed by atoms with Crippen molar-refractivity contribution in [3.63, 3.8) is 0 Å². The molecule has 0 saturated carbocycles. The number of para-hydroxylation sites is 1. The summed E-state index contributed by atoms with van der Waals surface area (Å²) in [6.07, 6.45) is 0. The first-order valence-corrected chi connectivity index (χ1v) is 8.24. The second-order valence-corrected chi connectivity index (χ2v) is 5.75. The average molecular weight is 382 g/mol. The molecule has 0 aliphatic carbocycles. The van der Waals surface area contributed by atoms with Crippen molar-refractivity contribution in [1.82, 2.24) is 15.0 Å². The van der Waals surface area contributed by atoms with Gasteiger partial charge in [0.05, 0.1) is 18.1 Å². The zero-order chi connectivity index (χ0) is 20.1. The number of nitrogens with one attached hydrogen (secondary N) is 1. The van der Waals surface area contributed by atoms with Gasteiger partial charge >= 0.3 is 5.69 Å². The number of benzene rings is 2. The number of hydrogen-bond donors (Lipinski definition) is 2. The highest BCUT2D eigenvalue weighted by atomic mass is 16.6. The third-order valence-electron chi connectivity index (χ3n) is 3.81. The molecule has 1 heterocycles. The summed E-state index contributed by atoms with van der Waals surface area (Å²) in [5.74, 6) is 0.915. The molecule has 1 aromatic heterocycles. The number of nitro benzene ring substituents is 1. The van der Waals surface area contributed by atoms with E-state index in [1.54, 1.807) is 6.07 Å².